The van der Waals surface area contributed by atoms with Gasteiger partial charge >= 0.3 is 0 Å². The Hall–Kier alpha value is -3.52. The topological polar surface area (TPSA) is 93.7 Å². The minimum absolute atomic E-state index is 0.169. The molecule has 0 unspecified atom stereocenters. The Morgan fingerprint density at radius 3 is 2.13 bits per heavy atom. The van der Waals surface area contributed by atoms with Crippen LogP contribution in [0.3, 0.4) is 0 Å². The zero-order valence-corrected chi connectivity index (χ0v) is 18.1. The molecule has 0 fully saturated rings. The van der Waals surface area contributed by atoms with E-state index in [1.807, 2.05) is 6.92 Å². The second-order valence-corrected chi connectivity index (χ2v) is 8.54. The average molecular weight is 441 g/mol. The van der Waals surface area contributed by atoms with Gasteiger partial charge in [0.25, 0.3) is 15.9 Å². The van der Waals surface area contributed by atoms with Gasteiger partial charge in [0.05, 0.1) is 18.0 Å². The van der Waals surface area contributed by atoms with Crippen molar-refractivity contribution in [2.24, 2.45) is 0 Å². The molecule has 162 valence electrons. The lowest BCUT2D eigenvalue weighted by atomic mass is 10.2. The van der Waals surface area contributed by atoms with Crippen LogP contribution in [0.4, 0.5) is 5.69 Å². The Kier molecular flexibility index (Phi) is 7.15. The molecule has 0 aromatic heterocycles. The molecule has 0 aliphatic heterocycles. The van der Waals surface area contributed by atoms with Crippen LogP contribution in [0, 0.1) is 0 Å². The third-order valence-electron chi connectivity index (χ3n) is 4.39. The molecule has 0 radical (unpaired) electrons. The number of ether oxygens (including phenoxy) is 2. The predicted octanol–water partition coefficient (Wildman–Crippen LogP) is 3.69. The number of carbonyl (C=O) groups is 1. The first kappa shape index (κ1) is 22.2. The van der Waals surface area contributed by atoms with Gasteiger partial charge in [-0.3, -0.25) is 9.52 Å². The van der Waals surface area contributed by atoms with Gasteiger partial charge in [0.2, 0.25) is 0 Å². The van der Waals surface area contributed by atoms with Gasteiger partial charge < -0.3 is 14.8 Å². The number of amides is 1. The molecule has 1 amide bonds. The fourth-order valence-electron chi connectivity index (χ4n) is 2.75. The second kappa shape index (κ2) is 9.99. The smallest absolute Gasteiger partial charge is 0.261 e. The number of hydrogen-bond acceptors (Lipinski definition) is 5. The summed E-state index contributed by atoms with van der Waals surface area (Å²) in [5.74, 6) is 1.14. The molecule has 0 aliphatic rings. The first-order valence-electron chi connectivity index (χ1n) is 9.63. The Morgan fingerprint density at radius 2 is 1.52 bits per heavy atom. The van der Waals surface area contributed by atoms with E-state index in [9.17, 15) is 13.2 Å². The predicted molar refractivity (Wildman–Crippen MR) is 119 cm³/mol. The van der Waals surface area contributed by atoms with Crippen molar-refractivity contribution >= 4 is 21.6 Å². The number of nitrogens with one attached hydrogen (secondary N) is 2. The van der Waals surface area contributed by atoms with E-state index in [2.05, 4.69) is 10.0 Å². The third-order valence-corrected chi connectivity index (χ3v) is 5.79. The maximum absolute atomic E-state index is 12.4. The molecule has 0 saturated carbocycles. The molecular weight excluding hydrogens is 416 g/mol. The van der Waals surface area contributed by atoms with Gasteiger partial charge in [-0.1, -0.05) is 18.2 Å². The summed E-state index contributed by atoms with van der Waals surface area (Å²) in [4.78, 5) is 12.6. The number of benzene rings is 3. The Bertz CT molecular complexity index is 1100. The van der Waals surface area contributed by atoms with Crippen molar-refractivity contribution in [3.05, 3.63) is 84.4 Å². The minimum atomic E-state index is -3.68. The SMILES string of the molecule is COc1ccc(OC[C@@H](C)NC(=O)c2ccc(NS(=O)(=O)c3ccccc3)cc2)cc1. The Balaban J connectivity index is 1.53. The quantitative estimate of drug-likeness (QED) is 0.529. The molecule has 7 nitrogen and oxygen atoms in total. The van der Waals surface area contributed by atoms with Crippen LogP contribution in [0.1, 0.15) is 17.3 Å². The third kappa shape index (κ3) is 6.23. The lowest BCUT2D eigenvalue weighted by molar-refractivity contribution is 0.0926. The molecule has 2 N–H and O–H groups in total. The van der Waals surface area contributed by atoms with Gasteiger partial charge in [0.1, 0.15) is 18.1 Å². The van der Waals surface area contributed by atoms with Crippen LogP contribution < -0.4 is 19.5 Å². The molecule has 0 spiro atoms. The summed E-state index contributed by atoms with van der Waals surface area (Å²) in [6, 6.07) is 21.3. The van der Waals surface area contributed by atoms with Crippen molar-refractivity contribution in [3.8, 4) is 11.5 Å². The van der Waals surface area contributed by atoms with Crippen LogP contribution in [0.2, 0.25) is 0 Å². The number of carbonyl (C=O) groups excluding carboxylic acids is 1. The van der Waals surface area contributed by atoms with E-state index in [-0.39, 0.29) is 16.8 Å². The number of hydrogen-bond donors (Lipinski definition) is 2. The average Bonchev–Trinajstić information content (AvgIpc) is 2.79. The maximum atomic E-state index is 12.4. The van der Waals surface area contributed by atoms with Crippen molar-refractivity contribution in [2.75, 3.05) is 18.4 Å². The highest BCUT2D eigenvalue weighted by atomic mass is 32.2. The van der Waals surface area contributed by atoms with Crippen LogP contribution in [0.5, 0.6) is 11.5 Å². The molecule has 3 aromatic rings. The monoisotopic (exact) mass is 440 g/mol. The van der Waals surface area contributed by atoms with Crippen LogP contribution in [-0.4, -0.2) is 34.1 Å². The first-order chi connectivity index (χ1) is 14.9. The van der Waals surface area contributed by atoms with E-state index in [4.69, 9.17) is 9.47 Å². The van der Waals surface area contributed by atoms with Crippen molar-refractivity contribution in [1.29, 1.82) is 0 Å². The van der Waals surface area contributed by atoms with E-state index in [0.717, 1.165) is 5.75 Å². The van der Waals surface area contributed by atoms with Gasteiger partial charge in [-0.15, -0.1) is 0 Å². The summed E-state index contributed by atoms with van der Waals surface area (Å²) >= 11 is 0. The fourth-order valence-corrected chi connectivity index (χ4v) is 3.83. The Labute approximate surface area is 182 Å². The molecule has 31 heavy (non-hydrogen) atoms. The molecule has 3 rings (SSSR count). The zero-order valence-electron chi connectivity index (χ0n) is 17.2. The maximum Gasteiger partial charge on any atom is 0.261 e. The highest BCUT2D eigenvalue weighted by Gasteiger charge is 2.15. The summed E-state index contributed by atoms with van der Waals surface area (Å²) < 4.78 is 38.0. The number of sulfonamides is 1. The molecule has 8 heteroatoms. The summed E-state index contributed by atoms with van der Waals surface area (Å²) in [6.45, 7) is 2.14. The van der Waals surface area contributed by atoms with Crippen molar-refractivity contribution in [2.45, 2.75) is 17.9 Å². The van der Waals surface area contributed by atoms with E-state index in [0.29, 0.717) is 23.6 Å². The first-order valence-corrected chi connectivity index (χ1v) is 11.1. The molecular formula is C23H24N2O5S. The van der Waals surface area contributed by atoms with Gasteiger partial charge in [0.15, 0.2) is 0 Å². The van der Waals surface area contributed by atoms with Crippen LogP contribution in [0.25, 0.3) is 0 Å². The summed E-state index contributed by atoms with van der Waals surface area (Å²) in [7, 11) is -2.08. The summed E-state index contributed by atoms with van der Waals surface area (Å²) in [5.41, 5.74) is 0.787. The Morgan fingerprint density at radius 1 is 0.903 bits per heavy atom. The van der Waals surface area contributed by atoms with Gasteiger partial charge in [-0.05, 0) is 67.6 Å². The van der Waals surface area contributed by atoms with Crippen LogP contribution in [0.15, 0.2) is 83.8 Å². The molecule has 0 heterocycles. The number of rotatable bonds is 9. The van der Waals surface area contributed by atoms with Crippen LogP contribution in [-0.2, 0) is 10.0 Å². The van der Waals surface area contributed by atoms with E-state index in [1.54, 1.807) is 73.8 Å². The van der Waals surface area contributed by atoms with E-state index in [1.165, 1.54) is 12.1 Å². The van der Waals surface area contributed by atoms with E-state index < -0.39 is 10.0 Å². The molecule has 0 bridgehead atoms. The van der Waals surface area contributed by atoms with Crippen molar-refractivity contribution < 1.29 is 22.7 Å². The van der Waals surface area contributed by atoms with Crippen LogP contribution >= 0.6 is 0 Å². The summed E-state index contributed by atoms with van der Waals surface area (Å²) in [5, 5.41) is 2.86. The lowest BCUT2D eigenvalue weighted by Gasteiger charge is -2.15. The fraction of sp³-hybridized carbons (Fsp3) is 0.174. The highest BCUT2D eigenvalue weighted by molar-refractivity contribution is 7.92. The van der Waals surface area contributed by atoms with Crippen molar-refractivity contribution in [3.63, 3.8) is 0 Å². The minimum Gasteiger partial charge on any atom is -0.497 e. The summed E-state index contributed by atoms with van der Waals surface area (Å²) in [6.07, 6.45) is 0. The molecule has 0 saturated heterocycles. The lowest BCUT2D eigenvalue weighted by Crippen LogP contribution is -2.36. The number of methoxy groups -OCH3 is 1. The van der Waals surface area contributed by atoms with Gasteiger partial charge in [-0.2, -0.15) is 0 Å². The largest absolute Gasteiger partial charge is 0.497 e. The van der Waals surface area contributed by atoms with Crippen molar-refractivity contribution in [1.82, 2.24) is 5.32 Å². The molecule has 0 aliphatic carbocycles. The normalized spacial score (nSPS) is 11.9. The standard InChI is InChI=1S/C23H24N2O5S/c1-17(16-30-21-14-12-20(29-2)13-15-21)24-23(26)18-8-10-19(11-9-18)25-31(27,28)22-6-4-3-5-7-22/h3-15,17,25H,16H2,1-2H3,(H,24,26)/t17-/m1/s1. The zero-order chi connectivity index (χ0) is 22.3. The van der Waals surface area contributed by atoms with E-state index >= 15 is 0 Å². The molecule has 1 atom stereocenters. The van der Waals surface area contributed by atoms with Gasteiger partial charge in [-0.25, -0.2) is 8.42 Å². The second-order valence-electron chi connectivity index (χ2n) is 6.86. The molecule has 3 aromatic carbocycles. The highest BCUT2D eigenvalue weighted by Crippen LogP contribution is 2.18. The number of anilines is 1. The van der Waals surface area contributed by atoms with Gasteiger partial charge in [0, 0.05) is 11.3 Å².